The molecule has 0 bridgehead atoms. The summed E-state index contributed by atoms with van der Waals surface area (Å²) in [6.45, 7) is 6.33. The van der Waals surface area contributed by atoms with Crippen LogP contribution in [0, 0.1) is 22.7 Å². The van der Waals surface area contributed by atoms with Crippen molar-refractivity contribution < 1.29 is 14.4 Å². The molecule has 27 heavy (non-hydrogen) atoms. The number of ketones is 2. The van der Waals surface area contributed by atoms with Gasteiger partial charge in [-0.05, 0) is 74.0 Å². The Hall–Kier alpha value is -2.03. The molecule has 0 unspecified atom stereocenters. The van der Waals surface area contributed by atoms with Crippen LogP contribution in [0.2, 0.25) is 0 Å². The number of Topliss-reactive ketones (excluding diaryl/α,β-unsaturated/α-hetero) is 1. The van der Waals surface area contributed by atoms with Crippen molar-refractivity contribution >= 4 is 17.9 Å². The maximum atomic E-state index is 12.3. The smallest absolute Gasteiger partial charge is 0.178 e. The number of fused-ring (bicyclic) bond motifs is 5. The first-order chi connectivity index (χ1) is 12.8. The molecular formula is C24H28O3. The van der Waals surface area contributed by atoms with Crippen LogP contribution in [0.4, 0.5) is 0 Å². The molecule has 0 radical (unpaired) electrons. The van der Waals surface area contributed by atoms with E-state index in [0.29, 0.717) is 23.8 Å². The highest BCUT2D eigenvalue weighted by molar-refractivity contribution is 6.12. The Balaban J connectivity index is 1.78. The van der Waals surface area contributed by atoms with Gasteiger partial charge in [0.15, 0.2) is 17.9 Å². The fourth-order valence-corrected chi connectivity index (χ4v) is 6.28. The second-order valence-electron chi connectivity index (χ2n) is 8.97. The van der Waals surface area contributed by atoms with Gasteiger partial charge in [-0.2, -0.15) is 0 Å². The van der Waals surface area contributed by atoms with Crippen LogP contribution in [-0.2, 0) is 14.4 Å². The fraction of sp³-hybridized carbons (Fsp3) is 0.542. The Kier molecular flexibility index (Phi) is 4.25. The second-order valence-corrected chi connectivity index (χ2v) is 8.97. The van der Waals surface area contributed by atoms with E-state index in [-0.39, 0.29) is 22.4 Å². The predicted molar refractivity (Wildman–Crippen MR) is 105 cm³/mol. The highest BCUT2D eigenvalue weighted by Crippen LogP contribution is 2.64. The summed E-state index contributed by atoms with van der Waals surface area (Å²) >= 11 is 0. The van der Waals surface area contributed by atoms with Crippen LogP contribution >= 0.6 is 0 Å². The fourth-order valence-electron chi connectivity index (χ4n) is 6.28. The van der Waals surface area contributed by atoms with Crippen LogP contribution < -0.4 is 0 Å². The molecule has 0 aromatic heterocycles. The molecule has 2 saturated carbocycles. The van der Waals surface area contributed by atoms with E-state index in [9.17, 15) is 14.4 Å². The SMILES string of the molecule is CCC(=O)/C(C=O)=C1/CC[C@H]2[C@@H]3CCC4=CC(=O)C=C[C@]4(C)C3=CC[C@]12C. The summed E-state index contributed by atoms with van der Waals surface area (Å²) in [6, 6.07) is 0. The summed E-state index contributed by atoms with van der Waals surface area (Å²) in [5, 5.41) is 0. The van der Waals surface area contributed by atoms with Gasteiger partial charge in [-0.3, -0.25) is 14.4 Å². The predicted octanol–water partition coefficient (Wildman–Crippen LogP) is 4.69. The maximum absolute atomic E-state index is 12.3. The second kappa shape index (κ2) is 6.25. The Labute approximate surface area is 161 Å². The minimum absolute atomic E-state index is 0.0220. The highest BCUT2D eigenvalue weighted by atomic mass is 16.1. The van der Waals surface area contributed by atoms with Crippen LogP contribution in [-0.4, -0.2) is 17.9 Å². The number of aldehydes is 1. The Morgan fingerprint density at radius 2 is 2.04 bits per heavy atom. The third-order valence-corrected chi connectivity index (χ3v) is 7.80. The number of allylic oxidation sites excluding steroid dienone is 8. The van der Waals surface area contributed by atoms with Gasteiger partial charge < -0.3 is 0 Å². The van der Waals surface area contributed by atoms with E-state index >= 15 is 0 Å². The van der Waals surface area contributed by atoms with Crippen molar-refractivity contribution in [1.29, 1.82) is 0 Å². The number of hydrogen-bond acceptors (Lipinski definition) is 3. The van der Waals surface area contributed by atoms with E-state index in [2.05, 4.69) is 26.0 Å². The van der Waals surface area contributed by atoms with Gasteiger partial charge >= 0.3 is 0 Å². The van der Waals surface area contributed by atoms with Gasteiger partial charge in [-0.25, -0.2) is 0 Å². The normalized spacial score (nSPS) is 39.0. The van der Waals surface area contributed by atoms with E-state index in [0.717, 1.165) is 44.0 Å². The van der Waals surface area contributed by atoms with Gasteiger partial charge in [-0.15, -0.1) is 0 Å². The van der Waals surface area contributed by atoms with E-state index in [1.54, 1.807) is 6.08 Å². The zero-order valence-electron chi connectivity index (χ0n) is 16.5. The Bertz CT molecular complexity index is 853. The average molecular weight is 364 g/mol. The van der Waals surface area contributed by atoms with Gasteiger partial charge in [0.2, 0.25) is 0 Å². The molecule has 0 aromatic carbocycles. The highest BCUT2D eigenvalue weighted by Gasteiger charge is 2.54. The number of carbonyl (C=O) groups excluding carboxylic acids is 3. The quantitative estimate of drug-likeness (QED) is 0.240. The van der Waals surface area contributed by atoms with Crippen molar-refractivity contribution in [2.45, 2.75) is 59.3 Å². The van der Waals surface area contributed by atoms with Crippen LogP contribution in [0.25, 0.3) is 0 Å². The first-order valence-electron chi connectivity index (χ1n) is 10.2. The van der Waals surface area contributed by atoms with Crippen molar-refractivity contribution in [2.24, 2.45) is 22.7 Å². The van der Waals surface area contributed by atoms with E-state index in [4.69, 9.17) is 0 Å². The summed E-state index contributed by atoms with van der Waals surface area (Å²) in [5.41, 5.74) is 3.97. The standard InChI is InChI=1S/C24H28O3/c1-4-22(27)18(14-25)20-8-7-19-17-6-5-15-13-16(26)9-11-23(15,2)21(17)10-12-24(19,20)3/h9-11,13-14,17,19H,4-8,12H2,1-3H3/b20-18-/t17-,19-,23-,24-/m0/s1. The molecule has 0 spiro atoms. The molecule has 4 rings (SSSR count). The largest absolute Gasteiger partial charge is 0.298 e. The molecule has 0 N–H and O–H groups in total. The van der Waals surface area contributed by atoms with Crippen molar-refractivity contribution in [1.82, 2.24) is 0 Å². The molecule has 0 aliphatic heterocycles. The minimum atomic E-state index is -0.142. The average Bonchev–Trinajstić information content (AvgIpc) is 3.00. The van der Waals surface area contributed by atoms with Crippen molar-refractivity contribution in [3.8, 4) is 0 Å². The first-order valence-corrected chi connectivity index (χ1v) is 10.2. The molecule has 0 heterocycles. The van der Waals surface area contributed by atoms with Crippen molar-refractivity contribution in [3.63, 3.8) is 0 Å². The van der Waals surface area contributed by atoms with Crippen molar-refractivity contribution in [2.75, 3.05) is 0 Å². The summed E-state index contributed by atoms with van der Waals surface area (Å²) in [6.07, 6.45) is 14.0. The molecule has 4 atom stereocenters. The number of rotatable bonds is 3. The van der Waals surface area contributed by atoms with Crippen LogP contribution in [0.1, 0.15) is 59.3 Å². The van der Waals surface area contributed by atoms with Crippen LogP contribution in [0.15, 0.2) is 46.6 Å². The molecule has 0 aromatic rings. The Morgan fingerprint density at radius 3 is 2.74 bits per heavy atom. The third-order valence-electron chi connectivity index (χ3n) is 7.80. The summed E-state index contributed by atoms with van der Waals surface area (Å²) in [5.74, 6) is 1.01. The van der Waals surface area contributed by atoms with E-state index in [1.165, 1.54) is 11.1 Å². The molecule has 2 fully saturated rings. The van der Waals surface area contributed by atoms with Gasteiger partial charge in [0.05, 0.1) is 5.57 Å². The van der Waals surface area contributed by atoms with Crippen LogP contribution in [0.3, 0.4) is 0 Å². The molecular weight excluding hydrogens is 336 g/mol. The topological polar surface area (TPSA) is 51.2 Å². The zero-order valence-corrected chi connectivity index (χ0v) is 16.5. The summed E-state index contributed by atoms with van der Waals surface area (Å²) in [4.78, 5) is 35.9. The maximum Gasteiger partial charge on any atom is 0.178 e. The summed E-state index contributed by atoms with van der Waals surface area (Å²) < 4.78 is 0. The van der Waals surface area contributed by atoms with Gasteiger partial charge in [0.25, 0.3) is 0 Å². The minimum Gasteiger partial charge on any atom is -0.298 e. The van der Waals surface area contributed by atoms with Gasteiger partial charge in [0, 0.05) is 11.8 Å². The zero-order chi connectivity index (χ0) is 19.4. The van der Waals surface area contributed by atoms with E-state index in [1.807, 2.05) is 13.0 Å². The molecule has 0 amide bonds. The molecule has 3 heteroatoms. The van der Waals surface area contributed by atoms with Gasteiger partial charge in [-0.1, -0.05) is 37.1 Å². The molecule has 142 valence electrons. The lowest BCUT2D eigenvalue weighted by Crippen LogP contribution is -2.42. The molecule has 0 saturated heterocycles. The van der Waals surface area contributed by atoms with E-state index < -0.39 is 0 Å². The van der Waals surface area contributed by atoms with Crippen molar-refractivity contribution in [3.05, 3.63) is 46.6 Å². The lowest BCUT2D eigenvalue weighted by Gasteiger charge is -2.51. The molecule has 3 nitrogen and oxygen atoms in total. The molecule has 4 aliphatic rings. The third kappa shape index (κ3) is 2.50. The number of hydrogen-bond donors (Lipinski definition) is 0. The van der Waals surface area contributed by atoms with Crippen LogP contribution in [0.5, 0.6) is 0 Å². The lowest BCUT2D eigenvalue weighted by atomic mass is 9.52. The Morgan fingerprint density at radius 1 is 1.26 bits per heavy atom. The first kappa shape index (κ1) is 18.3. The van der Waals surface area contributed by atoms with Gasteiger partial charge in [0.1, 0.15) is 0 Å². The summed E-state index contributed by atoms with van der Waals surface area (Å²) in [7, 11) is 0. The number of carbonyl (C=O) groups is 3. The monoisotopic (exact) mass is 364 g/mol. The lowest BCUT2D eigenvalue weighted by molar-refractivity contribution is -0.117. The molecule has 4 aliphatic carbocycles.